The van der Waals surface area contributed by atoms with Crippen LogP contribution in [0.2, 0.25) is 0 Å². The Kier molecular flexibility index (Phi) is 5.97. The van der Waals surface area contributed by atoms with E-state index in [1.807, 2.05) is 19.9 Å². The Morgan fingerprint density at radius 2 is 1.69 bits per heavy atom. The van der Waals surface area contributed by atoms with Gasteiger partial charge in [0.05, 0.1) is 24.3 Å². The van der Waals surface area contributed by atoms with Crippen molar-refractivity contribution in [3.8, 4) is 0 Å². The fourth-order valence-corrected chi connectivity index (χ4v) is 2.32. The molecule has 138 valence electrons. The van der Waals surface area contributed by atoms with Crippen molar-refractivity contribution in [1.82, 2.24) is 15.6 Å². The van der Waals surface area contributed by atoms with Crippen molar-refractivity contribution in [2.24, 2.45) is 0 Å². The monoisotopic (exact) mass is 365 g/mol. The predicted octanol–water partition coefficient (Wildman–Crippen LogP) is 2.76. The minimum atomic E-state index is -4.45. The number of nitrogens with one attached hydrogen (secondary N) is 2. The molecule has 0 unspecified atom stereocenters. The molecule has 0 bridgehead atoms. The summed E-state index contributed by atoms with van der Waals surface area (Å²) in [4.78, 5) is 27.5. The van der Waals surface area contributed by atoms with Gasteiger partial charge in [-0.3, -0.25) is 14.6 Å². The van der Waals surface area contributed by atoms with Gasteiger partial charge in [0.25, 0.3) is 5.91 Å². The number of nitrogens with zero attached hydrogens (tertiary/aromatic N) is 1. The van der Waals surface area contributed by atoms with Crippen molar-refractivity contribution in [1.29, 1.82) is 0 Å². The summed E-state index contributed by atoms with van der Waals surface area (Å²) in [6, 6.07) is 7.45. The van der Waals surface area contributed by atoms with Gasteiger partial charge >= 0.3 is 6.18 Å². The highest BCUT2D eigenvalue weighted by atomic mass is 19.4. The zero-order valence-corrected chi connectivity index (χ0v) is 14.3. The number of carbonyl (C=O) groups is 2. The molecule has 26 heavy (non-hydrogen) atoms. The molecule has 1 aromatic heterocycles. The quantitative estimate of drug-likeness (QED) is 0.856. The van der Waals surface area contributed by atoms with Crippen molar-refractivity contribution in [3.63, 3.8) is 0 Å². The lowest BCUT2D eigenvalue weighted by Crippen LogP contribution is -2.36. The number of amides is 2. The van der Waals surface area contributed by atoms with Crippen LogP contribution in [0.4, 0.5) is 13.2 Å². The third-order valence-electron chi connectivity index (χ3n) is 3.51. The lowest BCUT2D eigenvalue weighted by Gasteiger charge is -2.09. The number of rotatable bonds is 5. The Morgan fingerprint density at radius 3 is 2.23 bits per heavy atom. The summed E-state index contributed by atoms with van der Waals surface area (Å²) in [5, 5.41) is 4.99. The molecule has 0 fully saturated rings. The predicted molar refractivity (Wildman–Crippen MR) is 89.3 cm³/mol. The molecular formula is C18H18F3N3O2. The van der Waals surface area contributed by atoms with E-state index in [-0.39, 0.29) is 24.7 Å². The first-order chi connectivity index (χ1) is 12.1. The molecular weight excluding hydrogens is 347 g/mol. The van der Waals surface area contributed by atoms with Crippen LogP contribution < -0.4 is 10.6 Å². The van der Waals surface area contributed by atoms with Gasteiger partial charge in [0.1, 0.15) is 0 Å². The third-order valence-corrected chi connectivity index (χ3v) is 3.51. The second-order valence-corrected chi connectivity index (χ2v) is 5.87. The van der Waals surface area contributed by atoms with Crippen molar-refractivity contribution in [2.45, 2.75) is 26.6 Å². The topological polar surface area (TPSA) is 71.1 Å². The molecule has 2 aromatic rings. The molecule has 0 aliphatic carbocycles. The van der Waals surface area contributed by atoms with Crippen LogP contribution in [0.15, 0.2) is 36.5 Å². The molecule has 8 heteroatoms. The summed E-state index contributed by atoms with van der Waals surface area (Å²) in [5.74, 6) is -0.843. The maximum Gasteiger partial charge on any atom is 0.417 e. The van der Waals surface area contributed by atoms with Gasteiger partial charge < -0.3 is 10.6 Å². The van der Waals surface area contributed by atoms with Gasteiger partial charge in [0, 0.05) is 11.8 Å². The summed E-state index contributed by atoms with van der Waals surface area (Å²) in [6.45, 7) is 3.46. The summed E-state index contributed by atoms with van der Waals surface area (Å²) >= 11 is 0. The fraction of sp³-hybridized carbons (Fsp3) is 0.278. The molecule has 0 aliphatic rings. The molecule has 0 radical (unpaired) electrons. The number of aromatic nitrogens is 1. The molecule has 0 saturated heterocycles. The average Bonchev–Trinajstić information content (AvgIpc) is 2.56. The van der Waals surface area contributed by atoms with E-state index in [1.54, 1.807) is 12.1 Å². The van der Waals surface area contributed by atoms with Crippen LogP contribution >= 0.6 is 0 Å². The lowest BCUT2D eigenvalue weighted by atomic mass is 10.1. The molecule has 1 aromatic carbocycles. The van der Waals surface area contributed by atoms with Crippen LogP contribution in [-0.2, 0) is 17.5 Å². The molecule has 0 spiro atoms. The van der Waals surface area contributed by atoms with Crippen LogP contribution in [0.1, 0.15) is 32.7 Å². The average molecular weight is 365 g/mol. The van der Waals surface area contributed by atoms with Gasteiger partial charge in [0.2, 0.25) is 5.91 Å². The maximum absolute atomic E-state index is 12.4. The van der Waals surface area contributed by atoms with Gasteiger partial charge in [-0.15, -0.1) is 0 Å². The normalized spacial score (nSPS) is 11.1. The first-order valence-electron chi connectivity index (χ1n) is 7.80. The first-order valence-corrected chi connectivity index (χ1v) is 7.80. The fourth-order valence-electron chi connectivity index (χ4n) is 2.32. The summed E-state index contributed by atoms with van der Waals surface area (Å²) in [6.07, 6.45) is -3.74. The number of aryl methyl sites for hydroxylation is 2. The Bertz CT molecular complexity index is 782. The van der Waals surface area contributed by atoms with E-state index in [0.717, 1.165) is 17.2 Å². The van der Waals surface area contributed by atoms with E-state index in [9.17, 15) is 22.8 Å². The van der Waals surface area contributed by atoms with Gasteiger partial charge in [-0.25, -0.2) is 0 Å². The number of hydrogen-bond donors (Lipinski definition) is 2. The highest BCUT2D eigenvalue weighted by Gasteiger charge is 2.30. The second kappa shape index (κ2) is 7.99. The summed E-state index contributed by atoms with van der Waals surface area (Å²) in [5.41, 5.74) is 1.76. The van der Waals surface area contributed by atoms with E-state index in [2.05, 4.69) is 15.6 Å². The third kappa shape index (κ3) is 5.58. The Hall–Kier alpha value is -2.90. The first kappa shape index (κ1) is 19.4. The van der Waals surface area contributed by atoms with Gasteiger partial charge in [-0.05, 0) is 38.1 Å². The van der Waals surface area contributed by atoms with Crippen LogP contribution in [0.3, 0.4) is 0 Å². The smallest absolute Gasteiger partial charge is 0.349 e. The molecule has 2 N–H and O–H groups in total. The van der Waals surface area contributed by atoms with Crippen molar-refractivity contribution >= 4 is 11.8 Å². The molecule has 0 aliphatic heterocycles. The van der Waals surface area contributed by atoms with Gasteiger partial charge in [0.15, 0.2) is 0 Å². The molecule has 2 amide bonds. The van der Waals surface area contributed by atoms with Crippen LogP contribution in [0.5, 0.6) is 0 Å². The standard InChI is InChI=1S/C18H18F3N3O2/c1-11-5-12(2)7-13(6-11)17(26)24-10-16(25)23-9-15-4-3-14(8-22-15)18(19,20)21/h3-8H,9-10H2,1-2H3,(H,23,25)(H,24,26). The van der Waals surface area contributed by atoms with Gasteiger partial charge in [-0.2, -0.15) is 13.2 Å². The summed E-state index contributed by atoms with van der Waals surface area (Å²) in [7, 11) is 0. The molecule has 2 rings (SSSR count). The number of benzene rings is 1. The molecule has 5 nitrogen and oxygen atoms in total. The highest BCUT2D eigenvalue weighted by molar-refractivity contribution is 5.96. The number of pyridine rings is 1. The minimum absolute atomic E-state index is 0.0314. The van der Waals surface area contributed by atoms with Crippen molar-refractivity contribution in [2.75, 3.05) is 6.54 Å². The minimum Gasteiger partial charge on any atom is -0.349 e. The van der Waals surface area contributed by atoms with E-state index < -0.39 is 17.6 Å². The second-order valence-electron chi connectivity index (χ2n) is 5.87. The van der Waals surface area contributed by atoms with Crippen molar-refractivity contribution < 1.29 is 22.8 Å². The van der Waals surface area contributed by atoms with E-state index in [4.69, 9.17) is 0 Å². The largest absolute Gasteiger partial charge is 0.417 e. The van der Waals surface area contributed by atoms with E-state index in [1.165, 1.54) is 6.07 Å². The number of carbonyl (C=O) groups excluding carboxylic acids is 2. The Morgan fingerprint density at radius 1 is 1.04 bits per heavy atom. The molecule has 0 atom stereocenters. The summed E-state index contributed by atoms with van der Waals surface area (Å²) < 4.78 is 37.3. The zero-order chi connectivity index (χ0) is 19.3. The maximum atomic E-state index is 12.4. The number of alkyl halides is 3. The highest BCUT2D eigenvalue weighted by Crippen LogP contribution is 2.28. The number of hydrogen-bond acceptors (Lipinski definition) is 3. The Labute approximate surface area is 148 Å². The van der Waals surface area contributed by atoms with Crippen LogP contribution in [-0.4, -0.2) is 23.3 Å². The van der Waals surface area contributed by atoms with Gasteiger partial charge in [-0.1, -0.05) is 17.2 Å². The van der Waals surface area contributed by atoms with Crippen molar-refractivity contribution in [3.05, 3.63) is 64.5 Å². The van der Waals surface area contributed by atoms with E-state index in [0.29, 0.717) is 11.8 Å². The SMILES string of the molecule is Cc1cc(C)cc(C(=O)NCC(=O)NCc2ccc(C(F)(F)F)cn2)c1. The van der Waals surface area contributed by atoms with Crippen LogP contribution in [0.25, 0.3) is 0 Å². The number of halogens is 3. The lowest BCUT2D eigenvalue weighted by molar-refractivity contribution is -0.137. The van der Waals surface area contributed by atoms with E-state index >= 15 is 0 Å². The molecule has 1 heterocycles. The Balaban J connectivity index is 1.82. The molecule has 0 saturated carbocycles. The van der Waals surface area contributed by atoms with Crippen LogP contribution in [0, 0.1) is 13.8 Å². The zero-order valence-electron chi connectivity index (χ0n) is 14.3.